The Morgan fingerprint density at radius 3 is 2.30 bits per heavy atom. The van der Waals surface area contributed by atoms with Crippen molar-refractivity contribution in [2.24, 2.45) is 0 Å². The summed E-state index contributed by atoms with van der Waals surface area (Å²) in [6.45, 7) is 14.3. The summed E-state index contributed by atoms with van der Waals surface area (Å²) in [7, 11) is 2.13. The fourth-order valence-corrected chi connectivity index (χ4v) is 7.33. The molecule has 234 valence electrons. The van der Waals surface area contributed by atoms with Crippen molar-refractivity contribution in [1.82, 2.24) is 34.4 Å². The molecule has 0 bridgehead atoms. The van der Waals surface area contributed by atoms with Gasteiger partial charge in [0.15, 0.2) is 0 Å². The lowest BCUT2D eigenvalue weighted by Gasteiger charge is -2.53. The van der Waals surface area contributed by atoms with E-state index in [0.717, 1.165) is 45.4 Å². The van der Waals surface area contributed by atoms with E-state index in [2.05, 4.69) is 45.0 Å². The zero-order chi connectivity index (χ0) is 30.5. The van der Waals surface area contributed by atoms with Crippen LogP contribution in [0.1, 0.15) is 55.2 Å². The third kappa shape index (κ3) is 5.85. The van der Waals surface area contributed by atoms with E-state index < -0.39 is 12.0 Å². The molecule has 4 fully saturated rings. The lowest BCUT2D eigenvalue weighted by atomic mass is 9.91. The predicted molar refractivity (Wildman–Crippen MR) is 158 cm³/mol. The molecule has 0 aliphatic carbocycles. The highest BCUT2D eigenvalue weighted by Gasteiger charge is 2.43. The Morgan fingerprint density at radius 2 is 1.70 bits per heavy atom. The zero-order valence-electron chi connectivity index (χ0n) is 25.3. The second-order valence-corrected chi connectivity index (χ2v) is 12.6. The number of aryl methyl sites for hydroxylation is 1. The van der Waals surface area contributed by atoms with E-state index in [0.29, 0.717) is 56.3 Å². The van der Waals surface area contributed by atoms with Gasteiger partial charge in [-0.1, -0.05) is 6.58 Å². The summed E-state index contributed by atoms with van der Waals surface area (Å²) in [5, 5.41) is 4.73. The topological polar surface area (TPSA) is 76.9 Å². The van der Waals surface area contributed by atoms with Crippen LogP contribution >= 0.6 is 0 Å². The molecule has 4 aliphatic heterocycles. The number of likely N-dealkylation sites (tertiary alicyclic amines) is 1. The molecule has 6 heterocycles. The van der Waals surface area contributed by atoms with Gasteiger partial charge in [-0.05, 0) is 58.3 Å². The maximum atomic E-state index is 14.0. The highest BCUT2D eigenvalue weighted by molar-refractivity contribution is 5.87. The molecule has 1 amide bonds. The van der Waals surface area contributed by atoms with Crippen molar-refractivity contribution in [2.45, 2.75) is 63.3 Å². The monoisotopic (exact) mass is 601 g/mol. The van der Waals surface area contributed by atoms with Gasteiger partial charge in [-0.25, -0.2) is 9.97 Å². The summed E-state index contributed by atoms with van der Waals surface area (Å²) in [5.41, 5.74) is 2.46. The molecule has 0 aromatic carbocycles. The van der Waals surface area contributed by atoms with Crippen LogP contribution in [0.15, 0.2) is 24.9 Å². The largest absolute Gasteiger partial charge is 0.451 e. The second kappa shape index (κ2) is 11.7. The zero-order valence-corrected chi connectivity index (χ0v) is 25.3. The van der Waals surface area contributed by atoms with Crippen molar-refractivity contribution in [3.63, 3.8) is 0 Å². The van der Waals surface area contributed by atoms with Crippen LogP contribution in [0.3, 0.4) is 0 Å². The summed E-state index contributed by atoms with van der Waals surface area (Å²) >= 11 is 0. The number of aromatic nitrogens is 4. The predicted octanol–water partition coefficient (Wildman–Crippen LogP) is 3.17. The van der Waals surface area contributed by atoms with E-state index in [1.807, 2.05) is 22.9 Å². The minimum Gasteiger partial charge on any atom is -0.356 e. The number of carbonyl (C=O) groups excluding carboxylic acids is 1. The van der Waals surface area contributed by atoms with E-state index in [4.69, 9.17) is 5.10 Å². The van der Waals surface area contributed by atoms with Crippen LogP contribution in [0, 0.1) is 6.92 Å². The average molecular weight is 602 g/mol. The van der Waals surface area contributed by atoms with E-state index in [9.17, 15) is 18.0 Å². The van der Waals surface area contributed by atoms with Crippen molar-refractivity contribution in [2.75, 3.05) is 75.8 Å². The van der Waals surface area contributed by atoms with Crippen LogP contribution in [0.2, 0.25) is 0 Å². The summed E-state index contributed by atoms with van der Waals surface area (Å²) in [6, 6.07) is 2.28. The van der Waals surface area contributed by atoms with Crippen molar-refractivity contribution >= 4 is 17.5 Å². The minimum atomic E-state index is -4.64. The summed E-state index contributed by atoms with van der Waals surface area (Å²) in [4.78, 5) is 30.3. The number of anilines is 2. The molecule has 13 heteroatoms. The van der Waals surface area contributed by atoms with Gasteiger partial charge < -0.3 is 19.6 Å². The van der Waals surface area contributed by atoms with Gasteiger partial charge in [0, 0.05) is 82.1 Å². The molecule has 0 spiro atoms. The van der Waals surface area contributed by atoms with Crippen LogP contribution in [0.4, 0.5) is 24.8 Å². The number of hydrogen-bond acceptors (Lipinski definition) is 8. The molecule has 6 rings (SSSR count). The van der Waals surface area contributed by atoms with E-state index in [1.165, 1.54) is 17.3 Å². The first-order valence-electron chi connectivity index (χ1n) is 15.4. The van der Waals surface area contributed by atoms with Crippen LogP contribution in [0.5, 0.6) is 0 Å². The molecule has 0 N–H and O–H groups in total. The lowest BCUT2D eigenvalue weighted by molar-refractivity contribution is -0.144. The van der Waals surface area contributed by atoms with Crippen molar-refractivity contribution in [1.29, 1.82) is 0 Å². The third-order valence-corrected chi connectivity index (χ3v) is 9.89. The van der Waals surface area contributed by atoms with Gasteiger partial charge in [0.25, 0.3) is 0 Å². The normalized spacial score (nSPS) is 26.2. The van der Waals surface area contributed by atoms with Crippen LogP contribution < -0.4 is 9.80 Å². The van der Waals surface area contributed by atoms with Gasteiger partial charge in [0.05, 0.1) is 12.2 Å². The van der Waals surface area contributed by atoms with Crippen LogP contribution in [-0.4, -0.2) is 118 Å². The summed E-state index contributed by atoms with van der Waals surface area (Å²) < 4.78 is 44.2. The molecule has 4 saturated heterocycles. The van der Waals surface area contributed by atoms with E-state index in [1.54, 1.807) is 11.0 Å². The molecule has 2 unspecified atom stereocenters. The van der Waals surface area contributed by atoms with Crippen LogP contribution in [-0.2, 0) is 11.0 Å². The van der Waals surface area contributed by atoms with Gasteiger partial charge in [0.1, 0.15) is 11.6 Å². The Balaban J connectivity index is 1.14. The maximum Gasteiger partial charge on any atom is 0.451 e. The number of likely N-dealkylation sites (N-methyl/N-ethyl adjacent to an activating group) is 1. The molecule has 0 radical (unpaired) electrons. The number of rotatable bonds is 6. The number of alkyl halides is 3. The standard InChI is InChI=1S/C30H42F3N9O/c1-5-27(43)40-14-12-38(13-15-40)24-19-41(21(24)3)26-16-25(35-29(36-26)30(31,32)33)39-10-6-22(7-11-39)28-20(2)17-34-42(28)23-8-9-37(4)18-23/h5,16-17,21-24H,1,6-15,18-19H2,2-4H3/t21-,23?,24?/m1/s1. The molecule has 2 aromatic heterocycles. The number of halogens is 3. The Hall–Kier alpha value is -3.19. The van der Waals surface area contributed by atoms with Gasteiger partial charge in [-0.15, -0.1) is 0 Å². The molecular formula is C30H42F3N9O. The second-order valence-electron chi connectivity index (χ2n) is 12.6. The first-order valence-corrected chi connectivity index (χ1v) is 15.4. The number of hydrogen-bond donors (Lipinski definition) is 0. The number of piperazine rings is 1. The molecule has 10 nitrogen and oxygen atoms in total. The van der Waals surface area contributed by atoms with E-state index in [-0.39, 0.29) is 18.0 Å². The Bertz CT molecular complexity index is 1330. The first-order chi connectivity index (χ1) is 20.5. The fraction of sp³-hybridized carbons (Fsp3) is 0.667. The van der Waals surface area contributed by atoms with Crippen molar-refractivity contribution in [3.05, 3.63) is 42.0 Å². The molecular weight excluding hydrogens is 559 g/mol. The molecule has 43 heavy (non-hydrogen) atoms. The Labute approximate surface area is 251 Å². The lowest BCUT2D eigenvalue weighted by Crippen LogP contribution is -2.68. The molecule has 3 atom stereocenters. The summed E-state index contributed by atoms with van der Waals surface area (Å²) in [5.74, 6) is -0.184. The maximum absolute atomic E-state index is 14.0. The van der Waals surface area contributed by atoms with Gasteiger partial charge in [0.2, 0.25) is 11.7 Å². The van der Waals surface area contributed by atoms with Gasteiger partial charge in [-0.2, -0.15) is 18.3 Å². The number of nitrogens with zero attached hydrogens (tertiary/aromatic N) is 9. The molecule has 4 aliphatic rings. The van der Waals surface area contributed by atoms with Crippen LogP contribution in [0.25, 0.3) is 0 Å². The highest BCUT2D eigenvalue weighted by Crippen LogP contribution is 2.38. The Kier molecular flexibility index (Phi) is 8.14. The highest BCUT2D eigenvalue weighted by atomic mass is 19.4. The first kappa shape index (κ1) is 29.9. The summed E-state index contributed by atoms with van der Waals surface area (Å²) in [6.07, 6.45) is 1.39. The SMILES string of the molecule is C=CC(=O)N1CCN(C2CN(c3cc(N4CCC(c5c(C)cnn5C5CCN(C)C5)CC4)nc(C(F)(F)F)n3)[C@@H]2C)CC1. The third-order valence-electron chi connectivity index (χ3n) is 9.89. The minimum absolute atomic E-state index is 0.00544. The van der Waals surface area contributed by atoms with Gasteiger partial charge >= 0.3 is 6.18 Å². The fourth-order valence-electron chi connectivity index (χ4n) is 7.33. The average Bonchev–Trinajstić information content (AvgIpc) is 3.60. The number of piperidine rings is 1. The van der Waals surface area contributed by atoms with Crippen molar-refractivity contribution < 1.29 is 18.0 Å². The quantitative estimate of drug-likeness (QED) is 0.468. The number of carbonyl (C=O) groups is 1. The Morgan fingerprint density at radius 1 is 1.00 bits per heavy atom. The number of amides is 1. The smallest absolute Gasteiger partial charge is 0.356 e. The molecule has 2 aromatic rings. The van der Waals surface area contributed by atoms with Gasteiger partial charge in [-0.3, -0.25) is 14.4 Å². The van der Waals surface area contributed by atoms with E-state index >= 15 is 0 Å². The van der Waals surface area contributed by atoms with Crippen molar-refractivity contribution in [3.8, 4) is 0 Å². The molecule has 0 saturated carbocycles.